The summed E-state index contributed by atoms with van der Waals surface area (Å²) >= 11 is 0. The zero-order valence-corrected chi connectivity index (χ0v) is 8.69. The SMILES string of the molecule is NC1(C(=O)O)CCN(CCOCCO)C1. The van der Waals surface area contributed by atoms with Crippen molar-refractivity contribution in [1.29, 1.82) is 0 Å². The molecule has 0 bridgehead atoms. The molecule has 15 heavy (non-hydrogen) atoms. The van der Waals surface area contributed by atoms with Gasteiger partial charge in [0, 0.05) is 19.6 Å². The van der Waals surface area contributed by atoms with Crippen molar-refractivity contribution in [2.24, 2.45) is 5.73 Å². The number of aliphatic hydroxyl groups excluding tert-OH is 1. The normalized spacial score (nSPS) is 27.1. The third-order valence-electron chi connectivity index (χ3n) is 2.59. The highest BCUT2D eigenvalue weighted by molar-refractivity contribution is 5.79. The molecule has 0 saturated carbocycles. The van der Waals surface area contributed by atoms with Gasteiger partial charge >= 0.3 is 5.97 Å². The maximum absolute atomic E-state index is 10.8. The Hall–Kier alpha value is -0.690. The molecule has 0 aromatic heterocycles. The third kappa shape index (κ3) is 3.42. The first kappa shape index (κ1) is 12.4. The van der Waals surface area contributed by atoms with Gasteiger partial charge in [-0.1, -0.05) is 0 Å². The smallest absolute Gasteiger partial charge is 0.325 e. The molecule has 0 spiro atoms. The molecular weight excluding hydrogens is 200 g/mol. The number of ether oxygens (including phenoxy) is 1. The number of carboxylic acid groups (broad SMARTS) is 1. The van der Waals surface area contributed by atoms with Gasteiger partial charge in [-0.2, -0.15) is 0 Å². The quantitative estimate of drug-likeness (QED) is 0.469. The molecule has 0 aromatic carbocycles. The Labute approximate surface area is 88.6 Å². The van der Waals surface area contributed by atoms with Crippen LogP contribution in [-0.2, 0) is 9.53 Å². The molecule has 1 rings (SSSR count). The molecule has 0 amide bonds. The van der Waals surface area contributed by atoms with E-state index in [0.717, 1.165) is 0 Å². The Kier molecular flexibility index (Phi) is 4.46. The van der Waals surface area contributed by atoms with Gasteiger partial charge in [0.25, 0.3) is 0 Å². The van der Waals surface area contributed by atoms with Crippen LogP contribution in [0.5, 0.6) is 0 Å². The lowest BCUT2D eigenvalue weighted by atomic mass is 10.0. The number of aliphatic hydroxyl groups is 1. The third-order valence-corrected chi connectivity index (χ3v) is 2.59. The molecule has 1 aliphatic rings. The monoisotopic (exact) mass is 218 g/mol. The second-order valence-electron chi connectivity index (χ2n) is 3.82. The van der Waals surface area contributed by atoms with Crippen molar-refractivity contribution in [3.8, 4) is 0 Å². The molecule has 1 heterocycles. The summed E-state index contributed by atoms with van der Waals surface area (Å²) in [6, 6.07) is 0. The summed E-state index contributed by atoms with van der Waals surface area (Å²) in [5.41, 5.74) is 4.60. The van der Waals surface area contributed by atoms with Crippen LogP contribution in [0.25, 0.3) is 0 Å². The van der Waals surface area contributed by atoms with Gasteiger partial charge in [-0.05, 0) is 6.42 Å². The average Bonchev–Trinajstić information content (AvgIpc) is 2.57. The Morgan fingerprint density at radius 3 is 2.80 bits per heavy atom. The molecule has 0 radical (unpaired) electrons. The van der Waals surface area contributed by atoms with Gasteiger partial charge in [0.1, 0.15) is 5.54 Å². The summed E-state index contributed by atoms with van der Waals surface area (Å²) in [6.45, 7) is 2.54. The minimum atomic E-state index is -1.10. The number of carboxylic acids is 1. The molecule has 1 fully saturated rings. The lowest BCUT2D eigenvalue weighted by Gasteiger charge is -2.19. The van der Waals surface area contributed by atoms with E-state index in [4.69, 9.17) is 20.7 Å². The maximum Gasteiger partial charge on any atom is 0.325 e. The van der Waals surface area contributed by atoms with E-state index >= 15 is 0 Å². The Morgan fingerprint density at radius 1 is 1.53 bits per heavy atom. The van der Waals surface area contributed by atoms with E-state index in [1.54, 1.807) is 0 Å². The molecule has 4 N–H and O–H groups in total. The van der Waals surface area contributed by atoms with Crippen LogP contribution in [0.2, 0.25) is 0 Å². The molecular formula is C9H18N2O4. The van der Waals surface area contributed by atoms with Crippen molar-refractivity contribution in [2.45, 2.75) is 12.0 Å². The molecule has 1 unspecified atom stereocenters. The predicted octanol–water partition coefficient (Wildman–Crippen LogP) is -1.52. The van der Waals surface area contributed by atoms with Gasteiger partial charge in [0.15, 0.2) is 0 Å². The van der Waals surface area contributed by atoms with E-state index in [2.05, 4.69) is 0 Å². The van der Waals surface area contributed by atoms with Crippen molar-refractivity contribution in [2.75, 3.05) is 39.5 Å². The summed E-state index contributed by atoms with van der Waals surface area (Å²) in [5.74, 6) is -0.943. The van der Waals surface area contributed by atoms with E-state index in [-0.39, 0.29) is 6.61 Å². The van der Waals surface area contributed by atoms with E-state index < -0.39 is 11.5 Å². The van der Waals surface area contributed by atoms with Gasteiger partial charge in [-0.15, -0.1) is 0 Å². The Morgan fingerprint density at radius 2 is 2.27 bits per heavy atom. The lowest BCUT2D eigenvalue weighted by molar-refractivity contribution is -0.142. The van der Waals surface area contributed by atoms with E-state index in [1.807, 2.05) is 4.90 Å². The van der Waals surface area contributed by atoms with E-state index in [9.17, 15) is 4.79 Å². The number of nitrogens with two attached hydrogens (primary N) is 1. The number of rotatable bonds is 6. The van der Waals surface area contributed by atoms with Gasteiger partial charge in [0.2, 0.25) is 0 Å². The van der Waals surface area contributed by atoms with Crippen LogP contribution in [0, 0.1) is 0 Å². The van der Waals surface area contributed by atoms with Crippen LogP contribution in [0.3, 0.4) is 0 Å². The Balaban J connectivity index is 2.22. The van der Waals surface area contributed by atoms with Crippen molar-refractivity contribution in [3.63, 3.8) is 0 Å². The first-order valence-electron chi connectivity index (χ1n) is 5.02. The van der Waals surface area contributed by atoms with Gasteiger partial charge < -0.3 is 20.7 Å². The number of aliphatic carboxylic acids is 1. The fourth-order valence-electron chi connectivity index (χ4n) is 1.64. The maximum atomic E-state index is 10.8. The fourth-order valence-corrected chi connectivity index (χ4v) is 1.64. The summed E-state index contributed by atoms with van der Waals surface area (Å²) in [5, 5.41) is 17.4. The highest BCUT2D eigenvalue weighted by Crippen LogP contribution is 2.18. The van der Waals surface area contributed by atoms with E-state index in [0.29, 0.717) is 39.3 Å². The topological polar surface area (TPSA) is 96.0 Å². The van der Waals surface area contributed by atoms with Gasteiger partial charge in [-0.3, -0.25) is 9.69 Å². The largest absolute Gasteiger partial charge is 0.480 e. The Bertz CT molecular complexity index is 224. The van der Waals surface area contributed by atoms with Crippen LogP contribution in [0.15, 0.2) is 0 Å². The van der Waals surface area contributed by atoms with Crippen molar-refractivity contribution >= 4 is 5.97 Å². The summed E-state index contributed by atoms with van der Waals surface area (Å²) < 4.78 is 5.09. The van der Waals surface area contributed by atoms with Gasteiger partial charge in [-0.25, -0.2) is 0 Å². The zero-order valence-electron chi connectivity index (χ0n) is 8.69. The van der Waals surface area contributed by atoms with Crippen LogP contribution >= 0.6 is 0 Å². The van der Waals surface area contributed by atoms with Crippen molar-refractivity contribution < 1.29 is 19.7 Å². The van der Waals surface area contributed by atoms with Crippen molar-refractivity contribution in [3.05, 3.63) is 0 Å². The number of hydrogen-bond acceptors (Lipinski definition) is 5. The molecule has 0 aromatic rings. The number of carbonyl (C=O) groups is 1. The number of likely N-dealkylation sites (tertiary alicyclic amines) is 1. The van der Waals surface area contributed by atoms with Gasteiger partial charge in [0.05, 0.1) is 19.8 Å². The highest BCUT2D eigenvalue weighted by atomic mass is 16.5. The molecule has 88 valence electrons. The number of hydrogen-bond donors (Lipinski definition) is 3. The minimum Gasteiger partial charge on any atom is -0.480 e. The summed E-state index contributed by atoms with van der Waals surface area (Å²) in [6.07, 6.45) is 0.475. The lowest BCUT2D eigenvalue weighted by Crippen LogP contribution is -2.50. The number of nitrogens with zero attached hydrogens (tertiary/aromatic N) is 1. The van der Waals surface area contributed by atoms with Crippen LogP contribution < -0.4 is 5.73 Å². The molecule has 1 saturated heterocycles. The molecule has 6 nitrogen and oxygen atoms in total. The summed E-state index contributed by atoms with van der Waals surface area (Å²) in [7, 11) is 0. The molecule has 1 aliphatic heterocycles. The second kappa shape index (κ2) is 5.41. The molecule has 6 heteroatoms. The molecule has 0 aliphatic carbocycles. The van der Waals surface area contributed by atoms with Crippen LogP contribution in [-0.4, -0.2) is 66.1 Å². The summed E-state index contributed by atoms with van der Waals surface area (Å²) in [4.78, 5) is 12.8. The van der Waals surface area contributed by atoms with Crippen molar-refractivity contribution in [1.82, 2.24) is 4.90 Å². The highest BCUT2D eigenvalue weighted by Gasteiger charge is 2.40. The first-order valence-corrected chi connectivity index (χ1v) is 5.02. The average molecular weight is 218 g/mol. The fraction of sp³-hybridized carbons (Fsp3) is 0.889. The zero-order chi connectivity index (χ0) is 11.3. The minimum absolute atomic E-state index is 0.00987. The molecule has 1 atom stereocenters. The van der Waals surface area contributed by atoms with E-state index in [1.165, 1.54) is 0 Å². The standard InChI is InChI=1S/C9H18N2O4/c10-9(8(13)14)1-2-11(7-9)3-5-15-6-4-12/h12H,1-7,10H2,(H,13,14). The van der Waals surface area contributed by atoms with Crippen LogP contribution in [0.1, 0.15) is 6.42 Å². The second-order valence-corrected chi connectivity index (χ2v) is 3.82. The van der Waals surface area contributed by atoms with Crippen LogP contribution in [0.4, 0.5) is 0 Å². The predicted molar refractivity (Wildman–Crippen MR) is 53.5 cm³/mol. The first-order chi connectivity index (χ1) is 7.08.